The normalized spacial score (nSPS) is 22.5. The fraction of sp³-hybridized carbons (Fsp3) is 0.429. The molecule has 3 rings (SSSR count). The number of nitrogens with two attached hydrogens (primary N) is 1. The number of phenols is 2. The largest absolute Gasteiger partial charge is 0.504 e. The van der Waals surface area contributed by atoms with Gasteiger partial charge >= 0.3 is 0 Å². The van der Waals surface area contributed by atoms with Crippen LogP contribution in [0.5, 0.6) is 11.5 Å². The summed E-state index contributed by atoms with van der Waals surface area (Å²) in [6.07, 6.45) is 1.00. The molecule has 7 heteroatoms. The predicted molar refractivity (Wildman–Crippen MR) is 79.1 cm³/mol. The van der Waals surface area contributed by atoms with Crippen LogP contribution in [0, 0.1) is 5.92 Å². The Kier molecular flexibility index (Phi) is 3.42. The molecule has 0 saturated carbocycles. The zero-order valence-electron chi connectivity index (χ0n) is 11.8. The minimum absolute atomic E-state index is 0.106. The van der Waals surface area contributed by atoms with Crippen LogP contribution in [-0.2, 0) is 0 Å². The summed E-state index contributed by atoms with van der Waals surface area (Å²) in [6, 6.07) is 4.84. The third kappa shape index (κ3) is 2.52. The molecule has 0 aliphatic carbocycles. The summed E-state index contributed by atoms with van der Waals surface area (Å²) < 4.78 is 0. The highest BCUT2D eigenvalue weighted by atomic mass is 16.3. The molecule has 21 heavy (non-hydrogen) atoms. The van der Waals surface area contributed by atoms with E-state index in [1.807, 2.05) is 4.90 Å². The molecule has 7 nitrogen and oxygen atoms in total. The minimum atomic E-state index is -0.204. The van der Waals surface area contributed by atoms with Gasteiger partial charge in [0, 0.05) is 19.1 Å². The average molecular weight is 289 g/mol. The number of piperidine rings is 1. The molecule has 2 heterocycles. The number of para-hydroxylation sites is 1. The molecule has 2 aromatic rings. The third-order valence-electron chi connectivity index (χ3n) is 4.04. The second-order valence-corrected chi connectivity index (χ2v) is 5.53. The number of benzene rings is 1. The molecule has 1 saturated heterocycles. The Balaban J connectivity index is 1.85. The Bertz CT molecular complexity index is 642. The first kappa shape index (κ1) is 13.7. The first-order chi connectivity index (χ1) is 10.1. The van der Waals surface area contributed by atoms with Gasteiger partial charge in [0.05, 0.1) is 5.56 Å². The van der Waals surface area contributed by atoms with Crippen molar-refractivity contribution in [2.24, 2.45) is 11.7 Å². The molecular formula is C14H19N5O2. The SMILES string of the molecule is CC1CCN(c2n[nH]c(-c3cccc(O)c3O)n2)CC1N. The molecule has 2 unspecified atom stereocenters. The van der Waals surface area contributed by atoms with Crippen molar-refractivity contribution in [1.82, 2.24) is 15.2 Å². The van der Waals surface area contributed by atoms with E-state index in [4.69, 9.17) is 5.73 Å². The smallest absolute Gasteiger partial charge is 0.245 e. The monoisotopic (exact) mass is 289 g/mol. The van der Waals surface area contributed by atoms with Crippen molar-refractivity contribution >= 4 is 5.95 Å². The van der Waals surface area contributed by atoms with Crippen LogP contribution in [0.3, 0.4) is 0 Å². The Morgan fingerprint density at radius 2 is 2.19 bits per heavy atom. The lowest BCUT2D eigenvalue weighted by Crippen LogP contribution is -2.48. The fourth-order valence-electron chi connectivity index (χ4n) is 2.52. The second kappa shape index (κ2) is 5.25. The van der Waals surface area contributed by atoms with Crippen LogP contribution in [-0.4, -0.2) is 44.5 Å². The van der Waals surface area contributed by atoms with E-state index in [1.54, 1.807) is 12.1 Å². The lowest BCUT2D eigenvalue weighted by atomic mass is 9.95. The maximum Gasteiger partial charge on any atom is 0.245 e. The van der Waals surface area contributed by atoms with Crippen LogP contribution in [0.4, 0.5) is 5.95 Å². The van der Waals surface area contributed by atoms with E-state index in [0.717, 1.165) is 13.0 Å². The molecule has 2 atom stereocenters. The number of hydrogen-bond acceptors (Lipinski definition) is 6. The van der Waals surface area contributed by atoms with Crippen LogP contribution >= 0.6 is 0 Å². The molecule has 1 aromatic carbocycles. The van der Waals surface area contributed by atoms with Gasteiger partial charge in [-0.1, -0.05) is 13.0 Å². The highest BCUT2D eigenvalue weighted by molar-refractivity contribution is 5.68. The van der Waals surface area contributed by atoms with Crippen LogP contribution in [0.1, 0.15) is 13.3 Å². The predicted octanol–water partition coefficient (Wildman–Crippen LogP) is 1.06. The Morgan fingerprint density at radius 3 is 2.95 bits per heavy atom. The zero-order chi connectivity index (χ0) is 15.0. The standard InChI is InChI=1S/C14H19N5O2/c1-8-5-6-19(7-10(8)15)14-16-13(17-18-14)9-3-2-4-11(20)12(9)21/h2-4,8,10,20-21H,5-7,15H2,1H3,(H,16,17,18). The molecule has 1 fully saturated rings. The number of aromatic amines is 1. The molecule has 0 amide bonds. The molecule has 112 valence electrons. The molecular weight excluding hydrogens is 270 g/mol. The number of anilines is 1. The van der Waals surface area contributed by atoms with E-state index < -0.39 is 0 Å². The number of nitrogens with one attached hydrogen (secondary N) is 1. The minimum Gasteiger partial charge on any atom is -0.504 e. The molecule has 0 spiro atoms. The van der Waals surface area contributed by atoms with E-state index in [9.17, 15) is 10.2 Å². The fourth-order valence-corrected chi connectivity index (χ4v) is 2.52. The highest BCUT2D eigenvalue weighted by Crippen LogP contribution is 2.34. The number of phenolic OH excluding ortho intramolecular Hbond substituents is 2. The number of aromatic hydroxyl groups is 2. The Morgan fingerprint density at radius 1 is 1.38 bits per heavy atom. The van der Waals surface area contributed by atoms with Gasteiger partial charge in [-0.15, -0.1) is 5.10 Å². The summed E-state index contributed by atoms with van der Waals surface area (Å²) >= 11 is 0. The van der Waals surface area contributed by atoms with Crippen molar-refractivity contribution in [3.8, 4) is 22.9 Å². The Hall–Kier alpha value is -2.28. The van der Waals surface area contributed by atoms with Gasteiger partial charge in [-0.2, -0.15) is 4.98 Å². The van der Waals surface area contributed by atoms with Crippen molar-refractivity contribution in [3.63, 3.8) is 0 Å². The lowest BCUT2D eigenvalue weighted by Gasteiger charge is -2.34. The van der Waals surface area contributed by atoms with Gasteiger partial charge in [-0.25, -0.2) is 0 Å². The van der Waals surface area contributed by atoms with Crippen molar-refractivity contribution in [2.45, 2.75) is 19.4 Å². The molecule has 0 bridgehead atoms. The molecule has 1 aliphatic heterocycles. The molecule has 0 radical (unpaired) electrons. The maximum atomic E-state index is 9.88. The van der Waals surface area contributed by atoms with E-state index in [0.29, 0.717) is 29.8 Å². The van der Waals surface area contributed by atoms with E-state index in [2.05, 4.69) is 22.1 Å². The summed E-state index contributed by atoms with van der Waals surface area (Å²) in [5.74, 6) is 1.10. The summed E-state index contributed by atoms with van der Waals surface area (Å²) in [7, 11) is 0. The average Bonchev–Trinajstić information content (AvgIpc) is 2.94. The molecule has 1 aromatic heterocycles. The number of H-pyrrole nitrogens is 1. The van der Waals surface area contributed by atoms with Crippen LogP contribution in [0.2, 0.25) is 0 Å². The van der Waals surface area contributed by atoms with Gasteiger partial charge in [0.1, 0.15) is 0 Å². The Labute approximate surface area is 122 Å². The van der Waals surface area contributed by atoms with E-state index in [-0.39, 0.29) is 17.5 Å². The number of aromatic nitrogens is 3. The summed E-state index contributed by atoms with van der Waals surface area (Å²) in [4.78, 5) is 6.43. The quantitative estimate of drug-likeness (QED) is 0.615. The zero-order valence-corrected chi connectivity index (χ0v) is 11.8. The van der Waals surface area contributed by atoms with Crippen molar-refractivity contribution in [3.05, 3.63) is 18.2 Å². The van der Waals surface area contributed by atoms with Gasteiger partial charge in [0.2, 0.25) is 5.95 Å². The third-order valence-corrected chi connectivity index (χ3v) is 4.04. The van der Waals surface area contributed by atoms with Gasteiger partial charge in [0.15, 0.2) is 17.3 Å². The maximum absolute atomic E-state index is 9.88. The molecule has 1 aliphatic rings. The summed E-state index contributed by atoms with van der Waals surface area (Å²) in [5.41, 5.74) is 6.51. The summed E-state index contributed by atoms with van der Waals surface area (Å²) in [6.45, 7) is 3.72. The number of rotatable bonds is 2. The number of hydrogen-bond donors (Lipinski definition) is 4. The van der Waals surface area contributed by atoms with Crippen LogP contribution in [0.25, 0.3) is 11.4 Å². The first-order valence-corrected chi connectivity index (χ1v) is 7.00. The topological polar surface area (TPSA) is 111 Å². The van der Waals surface area contributed by atoms with Crippen molar-refractivity contribution in [1.29, 1.82) is 0 Å². The van der Waals surface area contributed by atoms with E-state index in [1.165, 1.54) is 6.07 Å². The molecule has 5 N–H and O–H groups in total. The van der Waals surface area contributed by atoms with Gasteiger partial charge in [-0.3, -0.25) is 5.10 Å². The lowest BCUT2D eigenvalue weighted by molar-refractivity contribution is 0.376. The van der Waals surface area contributed by atoms with Gasteiger partial charge in [0.25, 0.3) is 0 Å². The summed E-state index contributed by atoms with van der Waals surface area (Å²) in [5, 5.41) is 26.4. The van der Waals surface area contributed by atoms with Crippen molar-refractivity contribution < 1.29 is 10.2 Å². The van der Waals surface area contributed by atoms with E-state index >= 15 is 0 Å². The van der Waals surface area contributed by atoms with Gasteiger partial charge < -0.3 is 20.8 Å². The van der Waals surface area contributed by atoms with Crippen LogP contribution in [0.15, 0.2) is 18.2 Å². The second-order valence-electron chi connectivity index (χ2n) is 5.53. The van der Waals surface area contributed by atoms with Gasteiger partial charge in [-0.05, 0) is 24.5 Å². The van der Waals surface area contributed by atoms with Crippen LogP contribution < -0.4 is 10.6 Å². The first-order valence-electron chi connectivity index (χ1n) is 7.00. The highest BCUT2D eigenvalue weighted by Gasteiger charge is 2.25. The number of nitrogens with zero attached hydrogens (tertiary/aromatic N) is 3. The van der Waals surface area contributed by atoms with Crippen molar-refractivity contribution in [2.75, 3.05) is 18.0 Å².